The monoisotopic (exact) mass is 312 g/mol. The molecule has 100 valence electrons. The maximum absolute atomic E-state index is 6.10. The molecule has 5 heteroatoms. The highest BCUT2D eigenvalue weighted by Crippen LogP contribution is 2.70. The first-order valence-corrected chi connectivity index (χ1v) is 7.64. The number of nitrogen functional groups attached to an aromatic ring is 1. The third-order valence-corrected chi connectivity index (χ3v) is 5.27. The lowest BCUT2D eigenvalue weighted by Crippen LogP contribution is -1.90. The molecule has 1 fully saturated rings. The number of nitrogens with zero attached hydrogens (tertiary/aromatic N) is 1. The van der Waals surface area contributed by atoms with Crippen LogP contribution in [-0.2, 0) is 0 Å². The Morgan fingerprint density at radius 3 is 2.32 bits per heavy atom. The molecule has 19 heavy (non-hydrogen) atoms. The van der Waals surface area contributed by atoms with E-state index in [-0.39, 0.29) is 5.41 Å². The SMILES string of the molecule is CC1(C)[C@H](c2cc(Cl)cc(Cl)c2)[C@H]1c1cnc(N)s1. The number of hydrogen-bond donors (Lipinski definition) is 1. The normalized spacial score (nSPS) is 24.4. The van der Waals surface area contributed by atoms with Gasteiger partial charge in [-0.05, 0) is 35.1 Å². The van der Waals surface area contributed by atoms with E-state index in [1.54, 1.807) is 17.4 Å². The molecule has 1 heterocycles. The lowest BCUT2D eigenvalue weighted by atomic mass is 10.0. The molecular formula is C14H14Cl2N2S. The molecule has 1 aliphatic rings. The van der Waals surface area contributed by atoms with Crippen molar-refractivity contribution < 1.29 is 0 Å². The zero-order valence-electron chi connectivity index (χ0n) is 10.7. The van der Waals surface area contributed by atoms with E-state index in [0.29, 0.717) is 27.0 Å². The minimum absolute atomic E-state index is 0.187. The summed E-state index contributed by atoms with van der Waals surface area (Å²) in [5, 5.41) is 2.00. The summed E-state index contributed by atoms with van der Waals surface area (Å²) >= 11 is 13.8. The van der Waals surface area contributed by atoms with Gasteiger partial charge in [0.2, 0.25) is 0 Å². The van der Waals surface area contributed by atoms with Gasteiger partial charge in [0.1, 0.15) is 0 Å². The molecule has 2 nitrogen and oxygen atoms in total. The van der Waals surface area contributed by atoms with Gasteiger partial charge in [-0.25, -0.2) is 4.98 Å². The topological polar surface area (TPSA) is 38.9 Å². The quantitative estimate of drug-likeness (QED) is 0.853. The highest BCUT2D eigenvalue weighted by Gasteiger charge is 2.59. The van der Waals surface area contributed by atoms with Crippen LogP contribution < -0.4 is 5.73 Å². The fraction of sp³-hybridized carbons (Fsp3) is 0.357. The van der Waals surface area contributed by atoms with E-state index in [4.69, 9.17) is 28.9 Å². The van der Waals surface area contributed by atoms with Gasteiger partial charge in [0.25, 0.3) is 0 Å². The molecule has 1 aromatic heterocycles. The molecule has 0 unspecified atom stereocenters. The zero-order valence-corrected chi connectivity index (χ0v) is 13.0. The van der Waals surface area contributed by atoms with Crippen LogP contribution >= 0.6 is 34.5 Å². The molecule has 2 N–H and O–H groups in total. The molecule has 0 saturated heterocycles. The van der Waals surface area contributed by atoms with Crippen molar-refractivity contribution in [2.24, 2.45) is 5.41 Å². The van der Waals surface area contributed by atoms with Crippen LogP contribution in [0.25, 0.3) is 0 Å². The lowest BCUT2D eigenvalue weighted by molar-refractivity contribution is 0.603. The number of benzene rings is 1. The van der Waals surface area contributed by atoms with E-state index in [9.17, 15) is 0 Å². The van der Waals surface area contributed by atoms with E-state index in [2.05, 4.69) is 18.8 Å². The highest BCUT2D eigenvalue weighted by atomic mass is 35.5. The second kappa shape index (κ2) is 4.37. The van der Waals surface area contributed by atoms with Crippen LogP contribution in [-0.4, -0.2) is 4.98 Å². The van der Waals surface area contributed by atoms with Gasteiger partial charge in [0.15, 0.2) is 5.13 Å². The summed E-state index contributed by atoms with van der Waals surface area (Å²) in [4.78, 5) is 5.39. The fourth-order valence-corrected chi connectivity index (χ4v) is 4.55. The maximum Gasteiger partial charge on any atom is 0.180 e. The Balaban J connectivity index is 1.98. The van der Waals surface area contributed by atoms with E-state index in [1.807, 2.05) is 18.3 Å². The molecule has 1 aliphatic carbocycles. The third-order valence-electron chi connectivity index (χ3n) is 3.92. The summed E-state index contributed by atoms with van der Waals surface area (Å²) in [5.41, 5.74) is 7.11. The Hall–Kier alpha value is -0.770. The van der Waals surface area contributed by atoms with Crippen LogP contribution in [0.1, 0.15) is 36.1 Å². The molecule has 0 spiro atoms. The molecule has 1 aromatic carbocycles. The Morgan fingerprint density at radius 1 is 1.16 bits per heavy atom. The van der Waals surface area contributed by atoms with Gasteiger partial charge in [0.05, 0.1) is 0 Å². The predicted octanol–water partition coefficient (Wildman–Crippen LogP) is 4.94. The van der Waals surface area contributed by atoms with Crippen LogP contribution in [0.3, 0.4) is 0 Å². The van der Waals surface area contributed by atoms with Gasteiger partial charge >= 0.3 is 0 Å². The van der Waals surface area contributed by atoms with Crippen LogP contribution in [0.2, 0.25) is 10.0 Å². The van der Waals surface area contributed by atoms with Crippen LogP contribution in [0.5, 0.6) is 0 Å². The third kappa shape index (κ3) is 2.24. The molecule has 3 rings (SSSR count). The minimum atomic E-state index is 0.187. The second-order valence-corrected chi connectivity index (χ2v) is 7.55. The smallest absolute Gasteiger partial charge is 0.180 e. The number of nitrogens with two attached hydrogens (primary N) is 1. The number of aromatic nitrogens is 1. The Labute approximate surface area is 126 Å². The maximum atomic E-state index is 6.10. The first-order valence-electron chi connectivity index (χ1n) is 6.07. The molecule has 0 radical (unpaired) electrons. The summed E-state index contributed by atoms with van der Waals surface area (Å²) in [5.74, 6) is 0.861. The number of rotatable bonds is 2. The van der Waals surface area contributed by atoms with Crippen LogP contribution in [0.15, 0.2) is 24.4 Å². The average molecular weight is 313 g/mol. The largest absolute Gasteiger partial charge is 0.375 e. The first-order chi connectivity index (χ1) is 8.89. The zero-order chi connectivity index (χ0) is 13.8. The summed E-state index contributed by atoms with van der Waals surface area (Å²) < 4.78 is 0. The molecule has 2 atom stereocenters. The summed E-state index contributed by atoms with van der Waals surface area (Å²) in [6, 6.07) is 5.77. The van der Waals surface area contributed by atoms with Gasteiger partial charge < -0.3 is 5.73 Å². The second-order valence-electron chi connectivity index (χ2n) is 5.58. The minimum Gasteiger partial charge on any atom is -0.375 e. The van der Waals surface area contributed by atoms with Crippen LogP contribution in [0, 0.1) is 5.41 Å². The molecule has 2 aromatic rings. The summed E-state index contributed by atoms with van der Waals surface area (Å²) in [6.45, 7) is 4.51. The molecule has 0 aliphatic heterocycles. The highest BCUT2D eigenvalue weighted by molar-refractivity contribution is 7.15. The average Bonchev–Trinajstić information content (AvgIpc) is 2.63. The molecule has 1 saturated carbocycles. The van der Waals surface area contributed by atoms with Crippen molar-refractivity contribution in [3.63, 3.8) is 0 Å². The van der Waals surface area contributed by atoms with Gasteiger partial charge in [-0.15, -0.1) is 11.3 Å². The van der Waals surface area contributed by atoms with Gasteiger partial charge in [-0.2, -0.15) is 0 Å². The predicted molar refractivity (Wildman–Crippen MR) is 82.3 cm³/mol. The Kier molecular flexibility index (Phi) is 3.04. The van der Waals surface area contributed by atoms with Crippen molar-refractivity contribution in [2.45, 2.75) is 25.7 Å². The van der Waals surface area contributed by atoms with Gasteiger partial charge in [0, 0.05) is 27.0 Å². The van der Waals surface area contributed by atoms with E-state index in [1.165, 1.54) is 10.4 Å². The van der Waals surface area contributed by atoms with Gasteiger partial charge in [-0.1, -0.05) is 37.0 Å². The van der Waals surface area contributed by atoms with Crippen molar-refractivity contribution >= 4 is 39.7 Å². The van der Waals surface area contributed by atoms with E-state index < -0.39 is 0 Å². The van der Waals surface area contributed by atoms with Crippen molar-refractivity contribution in [1.82, 2.24) is 4.98 Å². The molecule has 0 bridgehead atoms. The number of thiazole rings is 1. The van der Waals surface area contributed by atoms with E-state index >= 15 is 0 Å². The first kappa shape index (κ1) is 13.2. The van der Waals surface area contributed by atoms with Crippen molar-refractivity contribution in [1.29, 1.82) is 0 Å². The standard InChI is InChI=1S/C14H14Cl2N2S/c1-14(2)11(7-3-8(15)5-9(16)4-7)12(14)10-6-18-13(17)19-10/h3-6,11-12H,1-2H3,(H2,17,18)/t11-,12-/m1/s1. The van der Waals surface area contributed by atoms with Gasteiger partial charge in [-0.3, -0.25) is 0 Å². The fourth-order valence-electron chi connectivity index (χ4n) is 2.99. The van der Waals surface area contributed by atoms with Crippen LogP contribution in [0.4, 0.5) is 5.13 Å². The Morgan fingerprint density at radius 2 is 1.79 bits per heavy atom. The summed E-state index contributed by atoms with van der Waals surface area (Å²) in [7, 11) is 0. The molecular weight excluding hydrogens is 299 g/mol. The number of anilines is 1. The van der Waals surface area contributed by atoms with Crippen molar-refractivity contribution in [2.75, 3.05) is 5.73 Å². The van der Waals surface area contributed by atoms with Crippen molar-refractivity contribution in [3.05, 3.63) is 44.9 Å². The number of hydrogen-bond acceptors (Lipinski definition) is 3. The van der Waals surface area contributed by atoms with E-state index in [0.717, 1.165) is 0 Å². The van der Waals surface area contributed by atoms with Crippen molar-refractivity contribution in [3.8, 4) is 0 Å². The lowest BCUT2D eigenvalue weighted by Gasteiger charge is -2.04. The summed E-state index contributed by atoms with van der Waals surface area (Å²) in [6.07, 6.45) is 1.89. The number of halogens is 2. The molecule has 0 amide bonds. The Bertz CT molecular complexity index is 616.